The number of aromatic nitrogens is 2. The van der Waals surface area contributed by atoms with Crippen LogP contribution in [0, 0.1) is 11.7 Å². The minimum absolute atomic E-state index is 0.104. The topological polar surface area (TPSA) is 49.8 Å². The van der Waals surface area contributed by atoms with Crippen LogP contribution < -0.4 is 10.9 Å². The Morgan fingerprint density at radius 2 is 2.00 bits per heavy atom. The van der Waals surface area contributed by atoms with Gasteiger partial charge in [-0.25, -0.2) is 9.07 Å². The van der Waals surface area contributed by atoms with Crippen LogP contribution in [0.15, 0.2) is 59.4 Å². The minimum Gasteiger partial charge on any atom is -0.382 e. The highest BCUT2D eigenvalue weighted by Gasteiger charge is 2.23. The summed E-state index contributed by atoms with van der Waals surface area (Å²) in [5, 5.41) is 6.10. The van der Waals surface area contributed by atoms with E-state index in [9.17, 15) is 9.18 Å². The Bertz CT molecular complexity index is 869. The monoisotopic (exact) mass is 311 g/mol. The molecule has 0 radical (unpaired) electrons. The number of nitrogens with zero attached hydrogens (tertiary/aromatic N) is 1. The van der Waals surface area contributed by atoms with Crippen LogP contribution in [0.4, 0.5) is 10.1 Å². The maximum atomic E-state index is 13.1. The largest absolute Gasteiger partial charge is 0.382 e. The highest BCUT2D eigenvalue weighted by molar-refractivity contribution is 5.78. The molecule has 0 spiro atoms. The van der Waals surface area contributed by atoms with Gasteiger partial charge in [0.2, 0.25) is 0 Å². The predicted molar refractivity (Wildman–Crippen MR) is 91.3 cm³/mol. The molecule has 0 saturated carbocycles. The Hall–Kier alpha value is -2.82. The highest BCUT2D eigenvalue weighted by atomic mass is 19.1. The quantitative estimate of drug-likeness (QED) is 0.911. The number of allylic oxidation sites excluding steroid dienone is 5. The highest BCUT2D eigenvalue weighted by Crippen LogP contribution is 2.33. The molecule has 3 rings (SSSR count). The summed E-state index contributed by atoms with van der Waals surface area (Å²) in [5.41, 5.74) is 3.55. The third-order valence-electron chi connectivity index (χ3n) is 4.12. The van der Waals surface area contributed by atoms with Crippen molar-refractivity contribution in [1.82, 2.24) is 9.78 Å². The standard InChI is InChI=1S/C18H18FN3O/c1-11-5-4-6-15(12(11)2)16-17(20-3)18(23)22(21-16)14-9-7-13(19)8-10-14/h4-10,12,20-21H,1H2,2-3H3. The second-order valence-corrected chi connectivity index (χ2v) is 5.51. The fourth-order valence-corrected chi connectivity index (χ4v) is 2.71. The Morgan fingerprint density at radius 1 is 1.30 bits per heavy atom. The molecule has 1 aliphatic carbocycles. The SMILES string of the molecule is C=C1C=CC=C(c2[nH]n(-c3ccc(F)cc3)c(=O)c2NC)C1C. The molecular weight excluding hydrogens is 293 g/mol. The number of H-pyrrole nitrogens is 1. The van der Waals surface area contributed by atoms with Crippen LogP contribution in [0.2, 0.25) is 0 Å². The lowest BCUT2D eigenvalue weighted by molar-refractivity contribution is 0.627. The molecule has 0 bridgehead atoms. The van der Waals surface area contributed by atoms with E-state index >= 15 is 0 Å². The van der Waals surface area contributed by atoms with Crippen molar-refractivity contribution in [1.29, 1.82) is 0 Å². The fourth-order valence-electron chi connectivity index (χ4n) is 2.71. The summed E-state index contributed by atoms with van der Waals surface area (Å²) in [5.74, 6) is -0.237. The van der Waals surface area contributed by atoms with Crippen LogP contribution in [0.3, 0.4) is 0 Å². The molecule has 23 heavy (non-hydrogen) atoms. The van der Waals surface area contributed by atoms with Crippen molar-refractivity contribution in [3.05, 3.63) is 76.5 Å². The first-order valence-corrected chi connectivity index (χ1v) is 7.39. The summed E-state index contributed by atoms with van der Waals surface area (Å²) in [6.07, 6.45) is 5.85. The first-order chi connectivity index (χ1) is 11.0. The zero-order valence-electron chi connectivity index (χ0n) is 13.1. The number of halogens is 1. The van der Waals surface area contributed by atoms with Crippen molar-refractivity contribution in [2.75, 3.05) is 12.4 Å². The minimum atomic E-state index is -0.340. The summed E-state index contributed by atoms with van der Waals surface area (Å²) in [6.45, 7) is 6.08. The second-order valence-electron chi connectivity index (χ2n) is 5.51. The summed E-state index contributed by atoms with van der Waals surface area (Å²) < 4.78 is 14.5. The molecule has 1 aliphatic rings. The van der Waals surface area contributed by atoms with Gasteiger partial charge in [-0.05, 0) is 35.4 Å². The van der Waals surface area contributed by atoms with Crippen LogP contribution >= 0.6 is 0 Å². The van der Waals surface area contributed by atoms with Crippen LogP contribution in [0.1, 0.15) is 12.6 Å². The van der Waals surface area contributed by atoms with Crippen molar-refractivity contribution < 1.29 is 4.39 Å². The van der Waals surface area contributed by atoms with Gasteiger partial charge in [-0.3, -0.25) is 9.89 Å². The second kappa shape index (κ2) is 5.76. The van der Waals surface area contributed by atoms with E-state index < -0.39 is 0 Å². The van der Waals surface area contributed by atoms with Crippen molar-refractivity contribution >= 4 is 11.3 Å². The molecule has 0 aliphatic heterocycles. The van der Waals surface area contributed by atoms with Crippen LogP contribution in [-0.2, 0) is 0 Å². The smallest absolute Gasteiger partial charge is 0.295 e. The van der Waals surface area contributed by atoms with Gasteiger partial charge < -0.3 is 5.32 Å². The van der Waals surface area contributed by atoms with Gasteiger partial charge in [-0.2, -0.15) is 0 Å². The third kappa shape index (κ3) is 2.54. The number of hydrogen-bond donors (Lipinski definition) is 2. The van der Waals surface area contributed by atoms with E-state index in [1.165, 1.54) is 16.8 Å². The molecule has 1 unspecified atom stereocenters. The molecule has 0 amide bonds. The first-order valence-electron chi connectivity index (χ1n) is 7.39. The number of nitrogens with one attached hydrogen (secondary N) is 2. The zero-order valence-corrected chi connectivity index (χ0v) is 13.1. The molecule has 118 valence electrons. The molecule has 2 N–H and O–H groups in total. The van der Waals surface area contributed by atoms with E-state index in [4.69, 9.17) is 0 Å². The summed E-state index contributed by atoms with van der Waals surface area (Å²) in [7, 11) is 1.71. The number of benzene rings is 1. The number of hydrogen-bond acceptors (Lipinski definition) is 2. The van der Waals surface area contributed by atoms with E-state index in [2.05, 4.69) is 17.0 Å². The van der Waals surface area contributed by atoms with Gasteiger partial charge in [-0.1, -0.05) is 31.7 Å². The molecular formula is C18H18FN3O. The molecule has 0 saturated heterocycles. The van der Waals surface area contributed by atoms with Crippen molar-refractivity contribution in [2.24, 2.45) is 5.92 Å². The van der Waals surface area contributed by atoms with E-state index in [0.29, 0.717) is 11.4 Å². The van der Waals surface area contributed by atoms with Gasteiger partial charge in [-0.15, -0.1) is 0 Å². The Labute approximate surface area is 133 Å². The van der Waals surface area contributed by atoms with Gasteiger partial charge in [0.1, 0.15) is 11.5 Å². The number of anilines is 1. The molecule has 5 heteroatoms. The van der Waals surface area contributed by atoms with Crippen LogP contribution in [-0.4, -0.2) is 16.8 Å². The van der Waals surface area contributed by atoms with Crippen molar-refractivity contribution in [2.45, 2.75) is 6.92 Å². The Kier molecular flexibility index (Phi) is 3.78. The molecule has 1 atom stereocenters. The average molecular weight is 311 g/mol. The normalized spacial score (nSPS) is 17.3. The molecule has 1 aromatic carbocycles. The Morgan fingerprint density at radius 3 is 2.65 bits per heavy atom. The lowest BCUT2D eigenvalue weighted by Gasteiger charge is -2.19. The van der Waals surface area contributed by atoms with E-state index in [1.807, 2.05) is 25.2 Å². The van der Waals surface area contributed by atoms with Gasteiger partial charge in [0.25, 0.3) is 5.56 Å². The predicted octanol–water partition coefficient (Wildman–Crippen LogP) is 3.49. The maximum absolute atomic E-state index is 13.1. The molecule has 1 heterocycles. The summed E-state index contributed by atoms with van der Waals surface area (Å²) >= 11 is 0. The van der Waals surface area contributed by atoms with Crippen LogP contribution in [0.25, 0.3) is 11.3 Å². The lowest BCUT2D eigenvalue weighted by Crippen LogP contribution is -2.16. The molecule has 2 aromatic rings. The molecule has 1 aromatic heterocycles. The third-order valence-corrected chi connectivity index (χ3v) is 4.12. The lowest BCUT2D eigenvalue weighted by atomic mass is 9.87. The summed E-state index contributed by atoms with van der Waals surface area (Å²) in [6, 6.07) is 5.78. The first kappa shape index (κ1) is 15.1. The maximum Gasteiger partial charge on any atom is 0.295 e. The van der Waals surface area contributed by atoms with Crippen molar-refractivity contribution in [3.8, 4) is 5.69 Å². The fraction of sp³-hybridized carbons (Fsp3) is 0.167. The van der Waals surface area contributed by atoms with Gasteiger partial charge in [0.15, 0.2) is 0 Å². The molecule has 4 nitrogen and oxygen atoms in total. The van der Waals surface area contributed by atoms with Gasteiger partial charge in [0.05, 0.1) is 11.4 Å². The van der Waals surface area contributed by atoms with Gasteiger partial charge >= 0.3 is 0 Å². The van der Waals surface area contributed by atoms with E-state index in [-0.39, 0.29) is 17.3 Å². The number of aromatic amines is 1. The van der Waals surface area contributed by atoms with Crippen molar-refractivity contribution in [3.63, 3.8) is 0 Å². The number of rotatable bonds is 3. The van der Waals surface area contributed by atoms with E-state index in [0.717, 1.165) is 16.8 Å². The van der Waals surface area contributed by atoms with Crippen LogP contribution in [0.5, 0.6) is 0 Å². The van der Waals surface area contributed by atoms with E-state index in [1.54, 1.807) is 19.2 Å². The summed E-state index contributed by atoms with van der Waals surface area (Å²) in [4.78, 5) is 12.6. The van der Waals surface area contributed by atoms with Gasteiger partial charge in [0, 0.05) is 13.0 Å². The average Bonchev–Trinajstić information content (AvgIpc) is 2.87. The Balaban J connectivity index is 2.16. The molecule has 0 fully saturated rings. The zero-order chi connectivity index (χ0) is 16.6.